The molecule has 0 aromatic heterocycles. The third-order valence-corrected chi connectivity index (χ3v) is 4.68. The quantitative estimate of drug-likeness (QED) is 0.182. The molecule has 1 saturated heterocycles. The summed E-state index contributed by atoms with van der Waals surface area (Å²) in [7, 11) is 0. The predicted octanol–water partition coefficient (Wildman–Crippen LogP) is 3.85. The van der Waals surface area contributed by atoms with Crippen molar-refractivity contribution in [2.24, 2.45) is 0 Å². The Morgan fingerprint density at radius 3 is 2.63 bits per heavy atom. The van der Waals surface area contributed by atoms with Crippen LogP contribution in [0.3, 0.4) is 0 Å². The number of hydrogen-bond donors (Lipinski definition) is 1. The molecule has 1 fully saturated rings. The average molecular weight is 444 g/mol. The zero-order valence-corrected chi connectivity index (χ0v) is 16.9. The zero-order valence-electron chi connectivity index (χ0n) is 15.3. The van der Waals surface area contributed by atoms with Gasteiger partial charge in [0, 0.05) is 12.6 Å². The van der Waals surface area contributed by atoms with Crippen molar-refractivity contribution in [3.05, 3.63) is 81.4 Å². The van der Waals surface area contributed by atoms with Crippen molar-refractivity contribution in [3.8, 4) is 11.5 Å². The smallest absolute Gasteiger partial charge is 0.312 e. The number of thiocarbonyl (C=S) groups is 1. The summed E-state index contributed by atoms with van der Waals surface area (Å²) in [6.45, 7) is 3.66. The molecule has 1 aliphatic rings. The number of ether oxygens (including phenoxy) is 1. The Labute approximate surface area is 181 Å². The molecule has 0 spiro atoms. The lowest BCUT2D eigenvalue weighted by molar-refractivity contribution is -0.385. The van der Waals surface area contributed by atoms with E-state index in [-0.39, 0.29) is 40.0 Å². The normalized spacial score (nSPS) is 15.2. The first kappa shape index (κ1) is 21.2. The van der Waals surface area contributed by atoms with E-state index in [1.807, 2.05) is 0 Å². The van der Waals surface area contributed by atoms with Crippen LogP contribution in [0.25, 0.3) is 6.08 Å². The van der Waals surface area contributed by atoms with Crippen molar-refractivity contribution < 1.29 is 19.2 Å². The van der Waals surface area contributed by atoms with Gasteiger partial charge in [-0.25, -0.2) is 0 Å². The zero-order chi connectivity index (χ0) is 21.8. The molecular formula is C20H14ClN3O5S. The number of nitrogens with zero attached hydrogens (tertiary/aromatic N) is 2. The summed E-state index contributed by atoms with van der Waals surface area (Å²) < 4.78 is 5.57. The molecule has 1 heterocycles. The van der Waals surface area contributed by atoms with Crippen LogP contribution in [0.5, 0.6) is 11.5 Å². The van der Waals surface area contributed by atoms with Gasteiger partial charge in [-0.2, -0.15) is 0 Å². The number of rotatable bonds is 6. The predicted molar refractivity (Wildman–Crippen MR) is 115 cm³/mol. The van der Waals surface area contributed by atoms with Crippen molar-refractivity contribution in [2.45, 2.75) is 0 Å². The highest BCUT2D eigenvalue weighted by atomic mass is 35.5. The molecule has 0 bridgehead atoms. The minimum absolute atomic E-state index is 0.0310. The Balaban J connectivity index is 1.98. The second-order valence-corrected chi connectivity index (χ2v) is 6.83. The van der Waals surface area contributed by atoms with Gasteiger partial charge in [0.2, 0.25) is 5.75 Å². The summed E-state index contributed by atoms with van der Waals surface area (Å²) in [5, 5.41) is 14.2. The molecule has 0 saturated carbocycles. The fraction of sp³-hybridized carbons (Fsp3) is 0.0500. The van der Waals surface area contributed by atoms with Gasteiger partial charge in [-0.15, -0.1) is 6.58 Å². The van der Waals surface area contributed by atoms with Crippen molar-refractivity contribution in [2.75, 3.05) is 6.54 Å². The van der Waals surface area contributed by atoms with Gasteiger partial charge < -0.3 is 4.74 Å². The van der Waals surface area contributed by atoms with Crippen molar-refractivity contribution in [3.63, 3.8) is 0 Å². The summed E-state index contributed by atoms with van der Waals surface area (Å²) in [6.07, 6.45) is 2.72. The highest BCUT2D eigenvalue weighted by molar-refractivity contribution is 7.80. The topological polar surface area (TPSA) is 102 Å². The largest absolute Gasteiger partial charge is 0.449 e. The average Bonchev–Trinajstić information content (AvgIpc) is 2.71. The Morgan fingerprint density at radius 1 is 1.23 bits per heavy atom. The standard InChI is InChI=1S/C20H14ClN3O5S/c1-2-9-23-19(26)13(18(25)22-20(23)30)10-12-7-8-17(15(11-12)24(27)28)29-16-6-4-3-5-14(16)21/h2-8,10-11H,1,9H2,(H,22,25,30)/b13-10+. The molecule has 2 aromatic rings. The van der Waals surface area contributed by atoms with E-state index in [2.05, 4.69) is 11.9 Å². The maximum atomic E-state index is 12.6. The van der Waals surface area contributed by atoms with Crippen LogP contribution in [0.1, 0.15) is 5.56 Å². The fourth-order valence-corrected chi connectivity index (χ4v) is 3.08. The molecular weight excluding hydrogens is 430 g/mol. The Hall–Kier alpha value is -3.56. The second kappa shape index (κ2) is 8.85. The van der Waals surface area contributed by atoms with Crippen LogP contribution in [0.4, 0.5) is 5.69 Å². The van der Waals surface area contributed by atoms with Gasteiger partial charge in [-0.05, 0) is 42.1 Å². The number of hydrogen-bond acceptors (Lipinski definition) is 6. The number of para-hydroxylation sites is 1. The molecule has 2 aromatic carbocycles. The first-order valence-electron chi connectivity index (χ1n) is 8.52. The van der Waals surface area contributed by atoms with E-state index in [0.29, 0.717) is 5.02 Å². The number of halogens is 1. The monoisotopic (exact) mass is 443 g/mol. The van der Waals surface area contributed by atoms with E-state index < -0.39 is 16.7 Å². The summed E-state index contributed by atoms with van der Waals surface area (Å²) in [4.78, 5) is 36.9. The summed E-state index contributed by atoms with van der Waals surface area (Å²) in [5.74, 6) is -1.10. The molecule has 0 unspecified atom stereocenters. The van der Waals surface area contributed by atoms with Crippen LogP contribution >= 0.6 is 23.8 Å². The number of benzene rings is 2. The third kappa shape index (κ3) is 4.37. The van der Waals surface area contributed by atoms with Crippen molar-refractivity contribution in [1.82, 2.24) is 10.2 Å². The minimum Gasteiger partial charge on any atom is -0.449 e. The van der Waals surface area contributed by atoms with E-state index in [0.717, 1.165) is 0 Å². The molecule has 8 nitrogen and oxygen atoms in total. The van der Waals surface area contributed by atoms with Crippen LogP contribution in [0.2, 0.25) is 5.02 Å². The Kier molecular flexibility index (Phi) is 6.24. The Bertz CT molecular complexity index is 1120. The van der Waals surface area contributed by atoms with Gasteiger partial charge in [0.1, 0.15) is 11.3 Å². The summed E-state index contributed by atoms with van der Waals surface area (Å²) in [5.41, 5.74) is -0.302. The van der Waals surface area contributed by atoms with Gasteiger partial charge >= 0.3 is 5.69 Å². The summed E-state index contributed by atoms with van der Waals surface area (Å²) >= 11 is 11.0. The molecule has 0 aliphatic carbocycles. The maximum Gasteiger partial charge on any atom is 0.312 e. The molecule has 3 rings (SSSR count). The highest BCUT2D eigenvalue weighted by Crippen LogP contribution is 2.35. The summed E-state index contributed by atoms with van der Waals surface area (Å²) in [6, 6.07) is 10.6. The number of nitro groups is 1. The van der Waals surface area contributed by atoms with E-state index in [1.165, 1.54) is 35.3 Å². The van der Waals surface area contributed by atoms with Crippen LogP contribution in [-0.2, 0) is 9.59 Å². The SMILES string of the molecule is C=CCN1C(=O)/C(=C/c2ccc(Oc3ccccc3Cl)c([N+](=O)[O-])c2)C(=O)NC1=S. The lowest BCUT2D eigenvalue weighted by Crippen LogP contribution is -2.53. The van der Waals surface area contributed by atoms with E-state index in [4.69, 9.17) is 28.6 Å². The number of carbonyl (C=O) groups excluding carboxylic acids is 2. The number of amides is 2. The third-order valence-electron chi connectivity index (χ3n) is 4.04. The van der Waals surface area contributed by atoms with E-state index in [9.17, 15) is 19.7 Å². The lowest BCUT2D eigenvalue weighted by Gasteiger charge is -2.27. The molecule has 2 amide bonds. The molecule has 30 heavy (non-hydrogen) atoms. The molecule has 0 atom stereocenters. The Morgan fingerprint density at radius 2 is 1.97 bits per heavy atom. The van der Waals surface area contributed by atoms with Gasteiger partial charge in [0.05, 0.1) is 9.95 Å². The molecule has 0 radical (unpaired) electrons. The fourth-order valence-electron chi connectivity index (χ4n) is 2.65. The second-order valence-electron chi connectivity index (χ2n) is 6.04. The lowest BCUT2D eigenvalue weighted by atomic mass is 10.1. The number of nitrogens with one attached hydrogen (secondary N) is 1. The van der Waals surface area contributed by atoms with Gasteiger partial charge in [0.15, 0.2) is 5.11 Å². The molecule has 10 heteroatoms. The molecule has 1 aliphatic heterocycles. The van der Waals surface area contributed by atoms with Crippen LogP contribution in [0.15, 0.2) is 60.7 Å². The first-order chi connectivity index (χ1) is 14.3. The number of nitro benzene ring substituents is 1. The van der Waals surface area contributed by atoms with Crippen LogP contribution in [-0.4, -0.2) is 33.3 Å². The molecule has 152 valence electrons. The van der Waals surface area contributed by atoms with Crippen LogP contribution in [0, 0.1) is 10.1 Å². The van der Waals surface area contributed by atoms with Gasteiger partial charge in [-0.1, -0.05) is 35.9 Å². The van der Waals surface area contributed by atoms with Gasteiger partial charge in [0.25, 0.3) is 11.8 Å². The number of carbonyl (C=O) groups is 2. The van der Waals surface area contributed by atoms with Crippen molar-refractivity contribution in [1.29, 1.82) is 0 Å². The first-order valence-corrected chi connectivity index (χ1v) is 9.31. The van der Waals surface area contributed by atoms with E-state index >= 15 is 0 Å². The molecule has 1 N–H and O–H groups in total. The highest BCUT2D eigenvalue weighted by Gasteiger charge is 2.32. The maximum absolute atomic E-state index is 12.6. The van der Waals surface area contributed by atoms with E-state index in [1.54, 1.807) is 24.3 Å². The van der Waals surface area contributed by atoms with Gasteiger partial charge in [-0.3, -0.25) is 29.9 Å². The minimum atomic E-state index is -0.690. The van der Waals surface area contributed by atoms with Crippen LogP contribution < -0.4 is 10.1 Å². The van der Waals surface area contributed by atoms with Crippen molar-refractivity contribution >= 4 is 52.5 Å².